The summed E-state index contributed by atoms with van der Waals surface area (Å²) < 4.78 is 24.5. The predicted molar refractivity (Wildman–Crippen MR) is 151 cm³/mol. The van der Waals surface area contributed by atoms with Crippen molar-refractivity contribution in [3.8, 4) is 0 Å². The van der Waals surface area contributed by atoms with Gasteiger partial charge < -0.3 is 14.8 Å². The molecule has 1 fully saturated rings. The lowest BCUT2D eigenvalue weighted by atomic mass is 9.83. The van der Waals surface area contributed by atoms with Gasteiger partial charge in [0.2, 0.25) is 5.91 Å². The monoisotopic (exact) mass is 642 g/mol. The molecule has 12 heteroatoms. The van der Waals surface area contributed by atoms with Crippen LogP contribution >= 0.6 is 34.8 Å². The van der Waals surface area contributed by atoms with E-state index >= 15 is 0 Å². The van der Waals surface area contributed by atoms with Crippen LogP contribution in [-0.4, -0.2) is 55.0 Å². The summed E-state index contributed by atoms with van der Waals surface area (Å²) >= 11 is 6.86. The first kappa shape index (κ1) is 28.2. The molecular formula is C24H27IN4O5S2. The highest BCUT2D eigenvalue weighted by Gasteiger charge is 2.39. The van der Waals surface area contributed by atoms with Gasteiger partial charge in [0.15, 0.2) is 0 Å². The number of alkyl halides is 1. The minimum atomic E-state index is -3.63. The molecule has 0 saturated carbocycles. The summed E-state index contributed by atoms with van der Waals surface area (Å²) in [6.07, 6.45) is 7.31. The lowest BCUT2D eigenvalue weighted by Gasteiger charge is -2.27. The number of amides is 3. The zero-order chi connectivity index (χ0) is 26.7. The van der Waals surface area contributed by atoms with Crippen molar-refractivity contribution >= 4 is 79.0 Å². The van der Waals surface area contributed by atoms with E-state index in [1.54, 1.807) is 30.4 Å². The molecule has 0 spiro atoms. The number of nitrogens with one attached hydrogen (secondary N) is 2. The molecule has 1 aromatic rings. The zero-order valence-corrected chi connectivity index (χ0v) is 23.6. The van der Waals surface area contributed by atoms with Gasteiger partial charge in [0, 0.05) is 47.0 Å². The number of benzene rings is 1. The first-order chi connectivity index (χ1) is 16.9. The first-order valence-corrected chi connectivity index (χ1v) is 14.6. The quantitative estimate of drug-likeness (QED) is 0.0954. The number of anilines is 1. The summed E-state index contributed by atoms with van der Waals surface area (Å²) in [6, 6.07) is 4.97. The van der Waals surface area contributed by atoms with E-state index in [2.05, 4.69) is 21.4 Å². The van der Waals surface area contributed by atoms with Crippen molar-refractivity contribution in [3.63, 3.8) is 0 Å². The van der Waals surface area contributed by atoms with Gasteiger partial charge in [-0.1, -0.05) is 64.3 Å². The number of rotatable bonds is 8. The highest BCUT2D eigenvalue weighted by molar-refractivity contribution is 14.1. The van der Waals surface area contributed by atoms with Crippen LogP contribution in [0.2, 0.25) is 0 Å². The topological polar surface area (TPSA) is 135 Å². The van der Waals surface area contributed by atoms with Crippen molar-refractivity contribution in [3.05, 3.63) is 59.3 Å². The molecule has 0 bridgehead atoms. The summed E-state index contributed by atoms with van der Waals surface area (Å²) in [7, 11) is -3.63. The maximum absolute atomic E-state index is 12.1. The van der Waals surface area contributed by atoms with E-state index in [-0.39, 0.29) is 21.5 Å². The van der Waals surface area contributed by atoms with Crippen LogP contribution in [0, 0.1) is 0 Å². The Balaban J connectivity index is 1.93. The summed E-state index contributed by atoms with van der Waals surface area (Å²) in [4.78, 5) is 38.0. The van der Waals surface area contributed by atoms with E-state index in [9.17, 15) is 23.1 Å². The van der Waals surface area contributed by atoms with Gasteiger partial charge in [0.25, 0.3) is 11.0 Å². The fourth-order valence-corrected chi connectivity index (χ4v) is 5.12. The number of carbonyl (C=O) groups excluding carboxylic acids is 3. The second-order valence-corrected chi connectivity index (χ2v) is 11.7. The first-order valence-electron chi connectivity index (χ1n) is 11.0. The van der Waals surface area contributed by atoms with Crippen molar-refractivity contribution in [2.75, 3.05) is 22.4 Å². The second kappa shape index (κ2) is 11.3. The number of fused-ring (bicyclic) bond motifs is 1. The Kier molecular flexibility index (Phi) is 8.88. The van der Waals surface area contributed by atoms with Crippen LogP contribution in [0.4, 0.5) is 5.69 Å². The standard InChI is InChI=1S/C24H27IN4O5S2/c1-24(2)17-13-15(36(3,33)34)9-10-18(17)29(12-6-11-26-20(30)14-25)19(24)8-5-4-7-16-21(31)27-23(35)28-22(16)32/h4-5,7-10,13H,3,6,11-12,14H2,1-2H3,(H,26,30)(H,33,34)(H2,27,28,31,32,35)/b5-4+,19-8+. The summed E-state index contributed by atoms with van der Waals surface area (Å²) in [5, 5.41) is 6.58. The van der Waals surface area contributed by atoms with Gasteiger partial charge in [-0.15, -0.1) is 0 Å². The molecule has 2 aliphatic heterocycles. The molecule has 0 aliphatic carbocycles. The molecular weight excluding hydrogens is 615 g/mol. The Bertz CT molecular complexity index is 1290. The summed E-state index contributed by atoms with van der Waals surface area (Å²) in [6.45, 7) is 5.08. The molecule has 3 amide bonds. The van der Waals surface area contributed by atoms with Gasteiger partial charge in [-0.3, -0.25) is 19.1 Å². The largest absolute Gasteiger partial charge is 0.774 e. The number of allylic oxidation sites excluding steroid dienone is 5. The number of primary amides is 1. The van der Waals surface area contributed by atoms with Crippen molar-refractivity contribution in [2.24, 2.45) is 0 Å². The highest BCUT2D eigenvalue weighted by atomic mass is 127. The molecule has 3 rings (SSSR count). The van der Waals surface area contributed by atoms with Crippen LogP contribution in [0.1, 0.15) is 25.8 Å². The smallest absolute Gasteiger partial charge is 0.355 e. The van der Waals surface area contributed by atoms with Crippen LogP contribution in [0.25, 0.3) is 0 Å². The van der Waals surface area contributed by atoms with E-state index in [0.29, 0.717) is 23.9 Å². The molecule has 1 aromatic carbocycles. The molecule has 1 unspecified atom stereocenters. The molecule has 1 saturated heterocycles. The van der Waals surface area contributed by atoms with Crippen LogP contribution in [-0.2, 0) is 29.6 Å². The maximum Gasteiger partial charge on any atom is 0.355 e. The molecule has 4 N–H and O–H groups in total. The van der Waals surface area contributed by atoms with Crippen molar-refractivity contribution in [1.82, 2.24) is 10.6 Å². The average molecular weight is 643 g/mol. The maximum atomic E-state index is 12.1. The van der Waals surface area contributed by atoms with Gasteiger partial charge in [-0.05, 0) is 42.3 Å². The third kappa shape index (κ3) is 6.29. The Morgan fingerprint density at radius 3 is 2.67 bits per heavy atom. The van der Waals surface area contributed by atoms with Crippen molar-refractivity contribution in [2.45, 2.75) is 30.6 Å². The second-order valence-electron chi connectivity index (χ2n) is 8.75. The van der Waals surface area contributed by atoms with Crippen LogP contribution in [0.15, 0.2) is 58.7 Å². The Morgan fingerprint density at radius 2 is 2.03 bits per heavy atom. The number of quaternary nitrogens is 1. The van der Waals surface area contributed by atoms with Crippen LogP contribution in [0.3, 0.4) is 0 Å². The van der Waals surface area contributed by atoms with E-state index in [1.165, 1.54) is 11.4 Å². The van der Waals surface area contributed by atoms with Crippen molar-refractivity contribution < 1.29 is 28.5 Å². The van der Waals surface area contributed by atoms with Gasteiger partial charge >= 0.3 is 5.91 Å². The van der Waals surface area contributed by atoms with E-state index < -0.39 is 27.0 Å². The van der Waals surface area contributed by atoms with Gasteiger partial charge in [-0.25, -0.2) is 10.1 Å². The zero-order valence-electron chi connectivity index (χ0n) is 19.8. The number of nitrogens with two attached hydrogens (primary N) is 1. The lowest BCUT2D eigenvalue weighted by molar-refractivity contribution is -0.449. The Hall–Kier alpha value is -2.39. The molecule has 2 aliphatic rings. The number of nitrogens with zero attached hydrogens (tertiary/aromatic N) is 1. The number of hydrogen-bond acceptors (Lipinski definition) is 7. The Labute approximate surface area is 229 Å². The molecule has 36 heavy (non-hydrogen) atoms. The fraction of sp³-hybridized carbons (Fsp3) is 0.292. The number of hydrogen-bond donors (Lipinski definition) is 3. The SMILES string of the molecule is C=S(=O)([O-])c1ccc2c(c1)C(C)(C)\C(=C/C=C/C=C1\C(=O)NC(=S)[NH2+]C1=O)N2CCCNC(=O)CI. The van der Waals surface area contributed by atoms with Gasteiger partial charge in [-0.2, -0.15) is 0 Å². The van der Waals surface area contributed by atoms with Gasteiger partial charge in [0.05, 0.1) is 4.43 Å². The van der Waals surface area contributed by atoms with E-state index in [0.717, 1.165) is 16.9 Å². The molecule has 9 nitrogen and oxygen atoms in total. The van der Waals surface area contributed by atoms with E-state index in [4.69, 9.17) is 12.2 Å². The Morgan fingerprint density at radius 1 is 1.33 bits per heavy atom. The molecule has 0 radical (unpaired) electrons. The normalized spacial score (nSPS) is 21.1. The molecule has 0 aromatic heterocycles. The minimum absolute atomic E-state index is 0.0135. The molecule has 192 valence electrons. The summed E-state index contributed by atoms with van der Waals surface area (Å²) in [5.74, 6) is 2.24. The average Bonchev–Trinajstić information content (AvgIpc) is 3.00. The fourth-order valence-electron chi connectivity index (χ4n) is 4.08. The predicted octanol–water partition coefficient (Wildman–Crippen LogP) is 0.802. The summed E-state index contributed by atoms with van der Waals surface area (Å²) in [5.41, 5.74) is 2.05. The number of thiocarbonyl (C=S) groups is 1. The van der Waals surface area contributed by atoms with E-state index in [1.807, 2.05) is 42.5 Å². The minimum Gasteiger partial charge on any atom is -0.774 e. The number of carbonyl (C=O) groups is 3. The van der Waals surface area contributed by atoms with Gasteiger partial charge in [0.1, 0.15) is 5.57 Å². The highest BCUT2D eigenvalue weighted by Crippen LogP contribution is 2.48. The van der Waals surface area contributed by atoms with Crippen molar-refractivity contribution in [1.29, 1.82) is 0 Å². The third-order valence-electron chi connectivity index (χ3n) is 5.86. The van der Waals surface area contributed by atoms with Crippen LogP contribution < -0.4 is 20.9 Å². The molecule has 1 atom stereocenters. The third-order valence-corrected chi connectivity index (χ3v) is 7.75. The van der Waals surface area contributed by atoms with Crippen LogP contribution in [0.5, 0.6) is 0 Å². The lowest BCUT2D eigenvalue weighted by Crippen LogP contribution is -2.97. The number of halogens is 1. The molecule has 2 heterocycles.